The van der Waals surface area contributed by atoms with Crippen LogP contribution in [0, 0.1) is 0 Å². The van der Waals surface area contributed by atoms with Gasteiger partial charge in [-0.15, -0.1) is 0 Å². The zero-order valence-electron chi connectivity index (χ0n) is 16.6. The summed E-state index contributed by atoms with van der Waals surface area (Å²) in [5.41, 5.74) is 3.50. The van der Waals surface area contributed by atoms with Gasteiger partial charge in [0.2, 0.25) is 0 Å². The number of amides is 1. The first-order chi connectivity index (χ1) is 13.9. The van der Waals surface area contributed by atoms with Crippen LogP contribution in [0.15, 0.2) is 53.9 Å². The molecular weight excluding hydrogens is 388 g/mol. The van der Waals surface area contributed by atoms with E-state index >= 15 is 0 Å². The Bertz CT molecular complexity index is 1010. The number of carbonyl (C=O) groups excluding carboxylic acids is 1. The van der Waals surface area contributed by atoms with Crippen LogP contribution in [0.5, 0.6) is 5.75 Å². The lowest BCUT2D eigenvalue weighted by Gasteiger charge is -2.15. The van der Waals surface area contributed by atoms with Crippen molar-refractivity contribution in [3.63, 3.8) is 0 Å². The Morgan fingerprint density at radius 2 is 1.97 bits per heavy atom. The molecule has 2 N–H and O–H groups in total. The lowest BCUT2D eigenvalue weighted by atomic mass is 10.0. The molecule has 0 radical (unpaired) electrons. The average molecular weight is 415 g/mol. The molecule has 1 saturated carbocycles. The second-order valence-electron chi connectivity index (χ2n) is 7.16. The lowest BCUT2D eigenvalue weighted by Crippen LogP contribution is -2.24. The van der Waals surface area contributed by atoms with E-state index in [0.717, 1.165) is 28.7 Å². The molecule has 0 atom stereocenters. The van der Waals surface area contributed by atoms with Crippen molar-refractivity contribution in [3.8, 4) is 5.75 Å². The average Bonchev–Trinajstić information content (AvgIpc) is 3.54. The molecule has 0 aromatic heterocycles. The van der Waals surface area contributed by atoms with Crippen molar-refractivity contribution in [3.05, 3.63) is 70.6 Å². The van der Waals surface area contributed by atoms with Gasteiger partial charge in [0.25, 0.3) is 5.91 Å². The van der Waals surface area contributed by atoms with Crippen LogP contribution in [-0.4, -0.2) is 34.2 Å². The van der Waals surface area contributed by atoms with E-state index in [-0.39, 0.29) is 12.5 Å². The van der Waals surface area contributed by atoms with Crippen LogP contribution >= 0.6 is 0 Å². The SMILES string of the molecule is COc1ccccc1CNc1cc(C2CC2)ccc1C(=O)NC/C=C/S(C)(=O)=O. The van der Waals surface area contributed by atoms with Crippen molar-refractivity contribution in [1.82, 2.24) is 5.32 Å². The first kappa shape index (κ1) is 20.9. The van der Waals surface area contributed by atoms with Crippen molar-refractivity contribution in [1.29, 1.82) is 0 Å². The van der Waals surface area contributed by atoms with Gasteiger partial charge in [0.15, 0.2) is 9.84 Å². The summed E-state index contributed by atoms with van der Waals surface area (Å²) in [6.45, 7) is 0.661. The molecule has 0 heterocycles. The Labute approximate surface area is 171 Å². The number of ether oxygens (including phenoxy) is 1. The van der Waals surface area contributed by atoms with Gasteiger partial charge in [-0.25, -0.2) is 8.42 Å². The summed E-state index contributed by atoms with van der Waals surface area (Å²) in [4.78, 5) is 12.7. The molecule has 1 amide bonds. The minimum Gasteiger partial charge on any atom is -0.496 e. The third kappa shape index (κ3) is 6.09. The number of hydrogen-bond acceptors (Lipinski definition) is 5. The van der Waals surface area contributed by atoms with Crippen molar-refractivity contribution >= 4 is 21.4 Å². The summed E-state index contributed by atoms with van der Waals surface area (Å²) in [6, 6.07) is 13.6. The topological polar surface area (TPSA) is 84.5 Å². The van der Waals surface area contributed by atoms with Crippen LogP contribution in [0.2, 0.25) is 0 Å². The van der Waals surface area contributed by atoms with Crippen molar-refractivity contribution in [2.24, 2.45) is 0 Å². The molecule has 1 fully saturated rings. The quantitative estimate of drug-likeness (QED) is 0.656. The highest BCUT2D eigenvalue weighted by molar-refractivity contribution is 7.93. The Kier molecular flexibility index (Phi) is 6.59. The monoisotopic (exact) mass is 414 g/mol. The molecule has 3 rings (SSSR count). The van der Waals surface area contributed by atoms with Gasteiger partial charge in [-0.3, -0.25) is 4.79 Å². The zero-order chi connectivity index (χ0) is 20.9. The smallest absolute Gasteiger partial charge is 0.253 e. The highest BCUT2D eigenvalue weighted by Gasteiger charge is 2.25. The molecule has 0 saturated heterocycles. The molecule has 6 nitrogen and oxygen atoms in total. The number of carbonyl (C=O) groups is 1. The molecule has 29 heavy (non-hydrogen) atoms. The Hall–Kier alpha value is -2.80. The molecule has 0 aliphatic heterocycles. The van der Waals surface area contributed by atoms with Gasteiger partial charge in [-0.1, -0.05) is 30.3 Å². The third-order valence-electron chi connectivity index (χ3n) is 4.72. The maximum atomic E-state index is 12.7. The summed E-state index contributed by atoms with van der Waals surface area (Å²) in [5.74, 6) is 1.10. The van der Waals surface area contributed by atoms with Crippen molar-refractivity contribution in [2.45, 2.75) is 25.3 Å². The molecule has 0 unspecified atom stereocenters. The fraction of sp³-hybridized carbons (Fsp3) is 0.318. The Morgan fingerprint density at radius 1 is 1.21 bits per heavy atom. The largest absolute Gasteiger partial charge is 0.496 e. The highest BCUT2D eigenvalue weighted by Crippen LogP contribution is 2.41. The van der Waals surface area contributed by atoms with Crippen LogP contribution in [0.1, 0.15) is 40.2 Å². The number of sulfone groups is 1. The van der Waals surface area contributed by atoms with E-state index < -0.39 is 9.84 Å². The molecule has 2 aromatic carbocycles. The van der Waals surface area contributed by atoms with Crippen molar-refractivity contribution < 1.29 is 17.9 Å². The van der Waals surface area contributed by atoms with Crippen LogP contribution < -0.4 is 15.4 Å². The van der Waals surface area contributed by atoms with Crippen LogP contribution in [-0.2, 0) is 16.4 Å². The van der Waals surface area contributed by atoms with E-state index in [9.17, 15) is 13.2 Å². The van der Waals surface area contributed by atoms with Gasteiger partial charge in [0.1, 0.15) is 5.75 Å². The number of rotatable bonds is 9. The van der Waals surface area contributed by atoms with Crippen molar-refractivity contribution in [2.75, 3.05) is 25.2 Å². The Balaban J connectivity index is 1.76. The second-order valence-corrected chi connectivity index (χ2v) is 9.09. The molecule has 7 heteroatoms. The molecule has 1 aliphatic rings. The van der Waals surface area contributed by atoms with Gasteiger partial charge >= 0.3 is 0 Å². The van der Waals surface area contributed by atoms with Gasteiger partial charge in [-0.05, 0) is 42.5 Å². The maximum absolute atomic E-state index is 12.7. The molecule has 154 valence electrons. The summed E-state index contributed by atoms with van der Waals surface area (Å²) in [7, 11) is -1.57. The molecule has 0 spiro atoms. The zero-order valence-corrected chi connectivity index (χ0v) is 17.5. The fourth-order valence-corrected chi connectivity index (χ4v) is 3.53. The first-order valence-corrected chi connectivity index (χ1v) is 11.5. The number of hydrogen-bond donors (Lipinski definition) is 2. The molecule has 2 aromatic rings. The number of para-hydroxylation sites is 1. The first-order valence-electron chi connectivity index (χ1n) is 9.52. The van der Waals surface area contributed by atoms with Crippen LogP contribution in [0.3, 0.4) is 0 Å². The van der Waals surface area contributed by atoms with E-state index in [1.165, 1.54) is 24.5 Å². The van der Waals surface area contributed by atoms with Gasteiger partial charge in [0.05, 0.1) is 12.7 Å². The highest BCUT2D eigenvalue weighted by atomic mass is 32.2. The van der Waals surface area contributed by atoms with E-state index in [4.69, 9.17) is 4.74 Å². The fourth-order valence-electron chi connectivity index (χ4n) is 3.09. The number of anilines is 1. The van der Waals surface area contributed by atoms with E-state index in [1.807, 2.05) is 42.5 Å². The molecular formula is C22H26N2O4S. The van der Waals surface area contributed by atoms with Gasteiger partial charge < -0.3 is 15.4 Å². The summed E-state index contributed by atoms with van der Waals surface area (Å²) < 4.78 is 27.7. The minimum absolute atomic E-state index is 0.141. The third-order valence-corrected chi connectivity index (χ3v) is 5.41. The predicted octanol–water partition coefficient (Wildman–Crippen LogP) is 3.47. The van der Waals surface area contributed by atoms with E-state index in [2.05, 4.69) is 10.6 Å². The molecule has 1 aliphatic carbocycles. The normalized spacial score (nSPS) is 14.0. The standard InChI is InChI=1S/C22H26N2O4S/c1-28-21-7-4-3-6-18(21)15-24-20-14-17(16-8-9-16)10-11-19(20)22(25)23-12-5-13-29(2,26)27/h3-7,10-11,13-14,16,24H,8-9,12,15H2,1-2H3,(H,23,25)/b13-5+. The minimum atomic E-state index is -3.21. The lowest BCUT2D eigenvalue weighted by molar-refractivity contribution is 0.0958. The van der Waals surface area contributed by atoms with Crippen LogP contribution in [0.25, 0.3) is 0 Å². The van der Waals surface area contributed by atoms with E-state index in [0.29, 0.717) is 18.0 Å². The maximum Gasteiger partial charge on any atom is 0.253 e. The predicted molar refractivity (Wildman–Crippen MR) is 115 cm³/mol. The van der Waals surface area contributed by atoms with Gasteiger partial charge in [0, 0.05) is 36.0 Å². The number of methoxy groups -OCH3 is 1. The second kappa shape index (κ2) is 9.13. The summed E-state index contributed by atoms with van der Waals surface area (Å²) in [6.07, 6.45) is 4.89. The molecule has 0 bridgehead atoms. The number of nitrogens with one attached hydrogen (secondary N) is 2. The summed E-state index contributed by atoms with van der Waals surface area (Å²) in [5, 5.41) is 7.20. The van der Waals surface area contributed by atoms with Gasteiger partial charge in [-0.2, -0.15) is 0 Å². The Morgan fingerprint density at radius 3 is 2.66 bits per heavy atom. The van der Waals surface area contributed by atoms with Crippen LogP contribution in [0.4, 0.5) is 5.69 Å². The number of benzene rings is 2. The summed E-state index contributed by atoms with van der Waals surface area (Å²) >= 11 is 0. The van der Waals surface area contributed by atoms with E-state index in [1.54, 1.807) is 7.11 Å².